The molecule has 2 rings (SSSR count). The van der Waals surface area contributed by atoms with Crippen LogP contribution in [0.5, 0.6) is 0 Å². The number of carbonyl (C=O) groups excluding carboxylic acids is 1. The molecule has 4 nitrogen and oxygen atoms in total. The Balaban J connectivity index is 1.95. The summed E-state index contributed by atoms with van der Waals surface area (Å²) < 4.78 is 13.6. The molecule has 0 radical (unpaired) electrons. The van der Waals surface area contributed by atoms with E-state index in [1.54, 1.807) is 17.0 Å². The summed E-state index contributed by atoms with van der Waals surface area (Å²) in [7, 11) is 0. The van der Waals surface area contributed by atoms with Crippen molar-refractivity contribution in [3.8, 4) is 0 Å². The van der Waals surface area contributed by atoms with Crippen molar-refractivity contribution in [3.05, 3.63) is 29.6 Å². The van der Waals surface area contributed by atoms with Crippen LogP contribution in [0.1, 0.15) is 18.4 Å². The Morgan fingerprint density at radius 1 is 1.44 bits per heavy atom. The summed E-state index contributed by atoms with van der Waals surface area (Å²) in [5.41, 5.74) is 6.77. The number of hydrogen-bond donors (Lipinski definition) is 2. The molecule has 1 fully saturated rings. The number of nitrogens with two attached hydrogens (primary N) is 1. The minimum absolute atomic E-state index is 0.192. The van der Waals surface area contributed by atoms with Crippen LogP contribution >= 0.6 is 0 Å². The predicted molar refractivity (Wildman–Crippen MR) is 68.9 cm³/mol. The van der Waals surface area contributed by atoms with Gasteiger partial charge in [0, 0.05) is 19.1 Å². The number of nitrogens with one attached hydrogen (secondary N) is 1. The van der Waals surface area contributed by atoms with Gasteiger partial charge in [-0.05, 0) is 37.5 Å². The number of piperidine rings is 1. The van der Waals surface area contributed by atoms with E-state index in [2.05, 4.69) is 5.32 Å². The van der Waals surface area contributed by atoms with Gasteiger partial charge in [-0.2, -0.15) is 0 Å². The van der Waals surface area contributed by atoms with Crippen LogP contribution in [0.2, 0.25) is 0 Å². The Hall–Kier alpha value is -1.78. The second-order valence-electron chi connectivity index (χ2n) is 4.73. The van der Waals surface area contributed by atoms with Crippen LogP contribution in [0.3, 0.4) is 0 Å². The van der Waals surface area contributed by atoms with Gasteiger partial charge < -0.3 is 16.0 Å². The fourth-order valence-corrected chi connectivity index (χ4v) is 2.21. The quantitative estimate of drug-likeness (QED) is 0.845. The lowest BCUT2D eigenvalue weighted by Crippen LogP contribution is -2.44. The number of amides is 2. The molecule has 1 aromatic carbocycles. The Morgan fingerprint density at radius 3 is 2.72 bits per heavy atom. The number of hydrogen-bond acceptors (Lipinski definition) is 2. The molecule has 3 N–H and O–H groups in total. The first-order chi connectivity index (χ1) is 8.56. The molecule has 5 heteroatoms. The molecule has 0 bridgehead atoms. The van der Waals surface area contributed by atoms with Gasteiger partial charge in [0.2, 0.25) is 0 Å². The van der Waals surface area contributed by atoms with Crippen LogP contribution in [0.4, 0.5) is 14.9 Å². The lowest BCUT2D eigenvalue weighted by Gasteiger charge is -2.31. The van der Waals surface area contributed by atoms with E-state index in [1.165, 1.54) is 6.07 Å². The second-order valence-corrected chi connectivity index (χ2v) is 4.73. The molecule has 1 aromatic rings. The molecule has 0 unspecified atom stereocenters. The van der Waals surface area contributed by atoms with Crippen LogP contribution in [0.15, 0.2) is 18.2 Å². The maximum absolute atomic E-state index is 13.6. The molecule has 0 atom stereocenters. The monoisotopic (exact) mass is 251 g/mol. The van der Waals surface area contributed by atoms with Crippen molar-refractivity contribution in [1.82, 2.24) is 4.90 Å². The zero-order valence-electron chi connectivity index (χ0n) is 10.4. The van der Waals surface area contributed by atoms with Crippen molar-refractivity contribution in [2.75, 3.05) is 18.4 Å². The topological polar surface area (TPSA) is 58.4 Å². The molecule has 18 heavy (non-hydrogen) atoms. The first-order valence-corrected chi connectivity index (χ1v) is 6.13. The summed E-state index contributed by atoms with van der Waals surface area (Å²) >= 11 is 0. The maximum atomic E-state index is 13.6. The van der Waals surface area contributed by atoms with Gasteiger partial charge in [-0.3, -0.25) is 0 Å². The predicted octanol–water partition coefficient (Wildman–Crippen LogP) is 2.09. The van der Waals surface area contributed by atoms with Gasteiger partial charge in [-0.25, -0.2) is 9.18 Å². The van der Waals surface area contributed by atoms with E-state index in [0.717, 1.165) is 18.4 Å². The largest absolute Gasteiger partial charge is 0.380 e. The number of rotatable bonds is 2. The maximum Gasteiger partial charge on any atom is 0.314 e. The third-order valence-electron chi connectivity index (χ3n) is 3.29. The number of urea groups is 1. The summed E-state index contributed by atoms with van der Waals surface area (Å²) in [5.74, 6) is -0.238. The highest BCUT2D eigenvalue weighted by atomic mass is 19.1. The Kier molecular flexibility index (Phi) is 3.69. The van der Waals surface area contributed by atoms with E-state index >= 15 is 0 Å². The summed E-state index contributed by atoms with van der Waals surface area (Å²) in [5, 5.41) is 3.20. The van der Waals surface area contributed by atoms with E-state index in [9.17, 15) is 9.18 Å². The molecule has 1 heterocycles. The minimum atomic E-state index is -0.379. The fourth-order valence-electron chi connectivity index (χ4n) is 2.21. The number of anilines is 1. The van der Waals surface area contributed by atoms with E-state index in [-0.39, 0.29) is 17.9 Å². The molecule has 0 saturated carbocycles. The summed E-state index contributed by atoms with van der Waals surface area (Å²) in [6, 6.07) is 4.83. The van der Waals surface area contributed by atoms with E-state index in [1.807, 2.05) is 6.92 Å². The lowest BCUT2D eigenvalue weighted by molar-refractivity contribution is 0.193. The summed E-state index contributed by atoms with van der Waals surface area (Å²) in [6.07, 6.45) is 1.58. The first-order valence-electron chi connectivity index (χ1n) is 6.13. The third-order valence-corrected chi connectivity index (χ3v) is 3.29. The molecule has 98 valence electrons. The third kappa shape index (κ3) is 2.91. The SMILES string of the molecule is Cc1ccc(F)c(NC2CCN(C(N)=O)CC2)c1. The number of nitrogens with zero attached hydrogens (tertiary/aromatic N) is 1. The molecule has 2 amide bonds. The van der Waals surface area contributed by atoms with Gasteiger partial charge in [0.05, 0.1) is 5.69 Å². The molecular weight excluding hydrogens is 233 g/mol. The van der Waals surface area contributed by atoms with E-state index in [0.29, 0.717) is 18.8 Å². The van der Waals surface area contributed by atoms with E-state index in [4.69, 9.17) is 5.73 Å². The second kappa shape index (κ2) is 5.25. The van der Waals surface area contributed by atoms with Crippen LogP contribution in [0, 0.1) is 12.7 Å². The number of benzene rings is 1. The van der Waals surface area contributed by atoms with Crippen LogP contribution in [0.25, 0.3) is 0 Å². The normalized spacial score (nSPS) is 16.7. The van der Waals surface area contributed by atoms with Gasteiger partial charge in [0.15, 0.2) is 0 Å². The lowest BCUT2D eigenvalue weighted by atomic mass is 10.0. The number of aryl methyl sites for hydroxylation is 1. The molecule has 1 aliphatic rings. The molecule has 0 spiro atoms. The van der Waals surface area contributed by atoms with E-state index < -0.39 is 0 Å². The van der Waals surface area contributed by atoms with Gasteiger partial charge in [0.1, 0.15) is 5.82 Å². The smallest absolute Gasteiger partial charge is 0.314 e. The number of likely N-dealkylation sites (tertiary alicyclic amines) is 1. The van der Waals surface area contributed by atoms with Gasteiger partial charge in [-0.1, -0.05) is 6.07 Å². The van der Waals surface area contributed by atoms with Crippen molar-refractivity contribution in [1.29, 1.82) is 0 Å². The highest BCUT2D eigenvalue weighted by Crippen LogP contribution is 2.20. The van der Waals surface area contributed by atoms with Crippen LogP contribution < -0.4 is 11.1 Å². The zero-order chi connectivity index (χ0) is 13.1. The molecule has 0 aromatic heterocycles. The minimum Gasteiger partial charge on any atom is -0.380 e. The highest BCUT2D eigenvalue weighted by molar-refractivity contribution is 5.72. The number of carbonyl (C=O) groups is 1. The van der Waals surface area contributed by atoms with Crippen LogP contribution in [-0.4, -0.2) is 30.1 Å². The van der Waals surface area contributed by atoms with Crippen molar-refractivity contribution in [2.24, 2.45) is 5.73 Å². The van der Waals surface area contributed by atoms with Gasteiger partial charge >= 0.3 is 6.03 Å². The summed E-state index contributed by atoms with van der Waals surface area (Å²) in [6.45, 7) is 3.18. The highest BCUT2D eigenvalue weighted by Gasteiger charge is 2.21. The molecular formula is C13H18FN3O. The number of primary amides is 1. The fraction of sp³-hybridized carbons (Fsp3) is 0.462. The summed E-state index contributed by atoms with van der Waals surface area (Å²) in [4.78, 5) is 12.6. The standard InChI is InChI=1S/C13H18FN3O/c1-9-2-3-11(14)12(8-9)16-10-4-6-17(7-5-10)13(15)18/h2-3,8,10,16H,4-7H2,1H3,(H2,15,18). The Morgan fingerprint density at radius 2 is 2.11 bits per heavy atom. The van der Waals surface area contributed by atoms with Crippen molar-refractivity contribution < 1.29 is 9.18 Å². The van der Waals surface area contributed by atoms with Crippen molar-refractivity contribution in [3.63, 3.8) is 0 Å². The Bertz CT molecular complexity index is 442. The zero-order valence-corrected chi connectivity index (χ0v) is 10.4. The molecule has 1 saturated heterocycles. The van der Waals surface area contributed by atoms with Crippen LogP contribution in [-0.2, 0) is 0 Å². The van der Waals surface area contributed by atoms with Gasteiger partial charge in [-0.15, -0.1) is 0 Å². The molecule has 1 aliphatic heterocycles. The van der Waals surface area contributed by atoms with Crippen molar-refractivity contribution >= 4 is 11.7 Å². The molecule has 0 aliphatic carbocycles. The number of halogens is 1. The van der Waals surface area contributed by atoms with Gasteiger partial charge in [0.25, 0.3) is 0 Å². The Labute approximate surface area is 106 Å². The first kappa shape index (κ1) is 12.7. The average molecular weight is 251 g/mol. The average Bonchev–Trinajstić information content (AvgIpc) is 2.34. The van der Waals surface area contributed by atoms with Crippen molar-refractivity contribution in [2.45, 2.75) is 25.8 Å².